The number of hydrogen-bond donors (Lipinski definition) is 0. The molecule has 0 saturated carbocycles. The standard InChI is InChI=1S/C60H116O6/c1-54(2)46-40-34-28-22-17-13-9-7-8-10-15-19-25-31-37-43-49-58(61)64-52-57(53-65-59(62)50-44-38-32-27-21-24-30-36-42-48-56(5)6)66-60(63)51-45-39-33-26-20-16-12-11-14-18-23-29-35-41-47-55(3)4/h54-57H,7-53H2,1-6H3/t57-/m0/s1. The van der Waals surface area contributed by atoms with Crippen LogP contribution in [0.15, 0.2) is 0 Å². The molecule has 1 atom stereocenters. The normalized spacial score (nSPS) is 12.1. The zero-order valence-electron chi connectivity index (χ0n) is 45.5. The summed E-state index contributed by atoms with van der Waals surface area (Å²) in [5.41, 5.74) is 0. The van der Waals surface area contributed by atoms with Crippen molar-refractivity contribution in [3.8, 4) is 0 Å². The van der Waals surface area contributed by atoms with Crippen LogP contribution in [0.25, 0.3) is 0 Å². The van der Waals surface area contributed by atoms with Crippen LogP contribution in [-0.2, 0) is 28.6 Å². The van der Waals surface area contributed by atoms with Gasteiger partial charge in [0.1, 0.15) is 13.2 Å². The first-order chi connectivity index (χ1) is 32.1. The van der Waals surface area contributed by atoms with Crippen molar-refractivity contribution >= 4 is 17.9 Å². The molecule has 0 rings (SSSR count). The molecule has 0 fully saturated rings. The van der Waals surface area contributed by atoms with Crippen molar-refractivity contribution in [2.24, 2.45) is 17.8 Å². The number of carbonyl (C=O) groups is 3. The minimum atomic E-state index is -0.764. The van der Waals surface area contributed by atoms with Crippen molar-refractivity contribution in [1.82, 2.24) is 0 Å². The SMILES string of the molecule is CC(C)CCCCCCCCCCCCCCCCCCC(=O)OC[C@@H](COC(=O)CCCCCCCCCCCC(C)C)OC(=O)CCCCCCCCCCCCCCCCC(C)C. The molecule has 0 spiro atoms. The Bertz CT molecular complexity index is 1020. The lowest BCUT2D eigenvalue weighted by Crippen LogP contribution is -2.30. The molecule has 0 aromatic rings. The molecule has 0 aromatic heterocycles. The minimum absolute atomic E-state index is 0.0634. The van der Waals surface area contributed by atoms with E-state index < -0.39 is 6.10 Å². The van der Waals surface area contributed by atoms with Crippen LogP contribution in [0.4, 0.5) is 0 Å². The third-order valence-corrected chi connectivity index (χ3v) is 13.6. The lowest BCUT2D eigenvalue weighted by atomic mass is 10.0. The summed E-state index contributed by atoms with van der Waals surface area (Å²) < 4.78 is 16.9. The molecular weight excluding hydrogens is 817 g/mol. The smallest absolute Gasteiger partial charge is 0.306 e. The van der Waals surface area contributed by atoms with Crippen LogP contribution in [0.1, 0.15) is 330 Å². The molecule has 0 unspecified atom stereocenters. The van der Waals surface area contributed by atoms with Crippen molar-refractivity contribution in [3.63, 3.8) is 0 Å². The molecule has 0 aliphatic rings. The van der Waals surface area contributed by atoms with Gasteiger partial charge >= 0.3 is 17.9 Å². The summed E-state index contributed by atoms with van der Waals surface area (Å²) in [6.07, 6.45) is 53.9. The van der Waals surface area contributed by atoms with E-state index >= 15 is 0 Å². The maximum Gasteiger partial charge on any atom is 0.306 e. The summed E-state index contributed by atoms with van der Waals surface area (Å²) >= 11 is 0. The van der Waals surface area contributed by atoms with Gasteiger partial charge in [0.05, 0.1) is 0 Å². The third-order valence-electron chi connectivity index (χ3n) is 13.6. The number of rotatable bonds is 53. The van der Waals surface area contributed by atoms with Gasteiger partial charge in [-0.1, -0.05) is 292 Å². The minimum Gasteiger partial charge on any atom is -0.462 e. The molecule has 0 aliphatic heterocycles. The highest BCUT2D eigenvalue weighted by Gasteiger charge is 2.19. The van der Waals surface area contributed by atoms with Gasteiger partial charge in [0.15, 0.2) is 6.10 Å². The summed E-state index contributed by atoms with van der Waals surface area (Å²) in [5, 5.41) is 0. The molecule has 0 heterocycles. The largest absolute Gasteiger partial charge is 0.462 e. The van der Waals surface area contributed by atoms with E-state index in [1.54, 1.807) is 0 Å². The molecule has 0 aromatic carbocycles. The number of unbranched alkanes of at least 4 members (excludes halogenated alkanes) is 36. The Morgan fingerprint density at radius 1 is 0.258 bits per heavy atom. The highest BCUT2D eigenvalue weighted by molar-refractivity contribution is 5.71. The highest BCUT2D eigenvalue weighted by atomic mass is 16.6. The van der Waals surface area contributed by atoms with E-state index in [0.717, 1.165) is 75.5 Å². The van der Waals surface area contributed by atoms with E-state index in [1.165, 1.54) is 212 Å². The van der Waals surface area contributed by atoms with Gasteiger partial charge in [0, 0.05) is 19.3 Å². The van der Waals surface area contributed by atoms with Gasteiger partial charge in [-0.2, -0.15) is 0 Å². The molecule has 6 nitrogen and oxygen atoms in total. The van der Waals surface area contributed by atoms with Gasteiger partial charge < -0.3 is 14.2 Å². The van der Waals surface area contributed by atoms with Gasteiger partial charge in [-0.05, 0) is 37.0 Å². The quantitative estimate of drug-likeness (QED) is 0.0343. The Hall–Kier alpha value is -1.59. The predicted molar refractivity (Wildman–Crippen MR) is 284 cm³/mol. The topological polar surface area (TPSA) is 78.9 Å². The fourth-order valence-electron chi connectivity index (χ4n) is 9.18. The Morgan fingerprint density at radius 2 is 0.439 bits per heavy atom. The second-order valence-electron chi connectivity index (χ2n) is 22.1. The van der Waals surface area contributed by atoms with Crippen molar-refractivity contribution in [1.29, 1.82) is 0 Å². The maximum atomic E-state index is 12.9. The molecule has 0 radical (unpaired) electrons. The number of ether oxygens (including phenoxy) is 3. The van der Waals surface area contributed by atoms with Crippen LogP contribution in [0, 0.1) is 17.8 Å². The monoisotopic (exact) mass is 933 g/mol. The number of hydrogen-bond acceptors (Lipinski definition) is 6. The molecule has 0 saturated heterocycles. The second kappa shape index (κ2) is 51.3. The fourth-order valence-corrected chi connectivity index (χ4v) is 9.18. The number of esters is 3. The lowest BCUT2D eigenvalue weighted by molar-refractivity contribution is -0.167. The summed E-state index contributed by atoms with van der Waals surface area (Å²) in [4.78, 5) is 38.2. The molecule has 0 aliphatic carbocycles. The zero-order chi connectivity index (χ0) is 48.4. The Morgan fingerprint density at radius 3 is 0.652 bits per heavy atom. The average molecular weight is 934 g/mol. The summed E-state index contributed by atoms with van der Waals surface area (Å²) in [7, 11) is 0. The van der Waals surface area contributed by atoms with Crippen LogP contribution >= 0.6 is 0 Å². The lowest BCUT2D eigenvalue weighted by Gasteiger charge is -2.18. The van der Waals surface area contributed by atoms with Crippen LogP contribution in [0.5, 0.6) is 0 Å². The van der Waals surface area contributed by atoms with E-state index in [1.807, 2.05) is 0 Å². The molecule has 0 N–H and O–H groups in total. The highest BCUT2D eigenvalue weighted by Crippen LogP contribution is 2.19. The Balaban J connectivity index is 4.27. The van der Waals surface area contributed by atoms with E-state index in [2.05, 4.69) is 41.5 Å². The average Bonchev–Trinajstić information content (AvgIpc) is 3.28. The fraction of sp³-hybridized carbons (Fsp3) is 0.950. The third kappa shape index (κ3) is 53.4. The van der Waals surface area contributed by atoms with E-state index in [4.69, 9.17) is 14.2 Å². The molecular formula is C60H116O6. The van der Waals surface area contributed by atoms with E-state index in [0.29, 0.717) is 19.3 Å². The van der Waals surface area contributed by atoms with E-state index in [9.17, 15) is 14.4 Å². The summed E-state index contributed by atoms with van der Waals surface area (Å²) in [6, 6.07) is 0. The molecule has 66 heavy (non-hydrogen) atoms. The first-order valence-corrected chi connectivity index (χ1v) is 29.6. The molecule has 392 valence electrons. The van der Waals surface area contributed by atoms with Gasteiger partial charge in [0.25, 0.3) is 0 Å². The molecule has 0 bridgehead atoms. The Labute approximate surface area is 412 Å². The summed E-state index contributed by atoms with van der Waals surface area (Å²) in [5.74, 6) is 1.66. The molecule has 6 heteroatoms. The second-order valence-corrected chi connectivity index (χ2v) is 22.1. The van der Waals surface area contributed by atoms with Crippen molar-refractivity contribution in [2.75, 3.05) is 13.2 Å². The molecule has 0 amide bonds. The first kappa shape index (κ1) is 64.4. The number of carbonyl (C=O) groups excluding carboxylic acids is 3. The zero-order valence-corrected chi connectivity index (χ0v) is 45.5. The van der Waals surface area contributed by atoms with Crippen LogP contribution in [-0.4, -0.2) is 37.2 Å². The van der Waals surface area contributed by atoms with Crippen LogP contribution in [0.3, 0.4) is 0 Å². The predicted octanol–water partition coefficient (Wildman–Crippen LogP) is 19.5. The van der Waals surface area contributed by atoms with Gasteiger partial charge in [-0.25, -0.2) is 0 Å². The van der Waals surface area contributed by atoms with E-state index in [-0.39, 0.29) is 31.1 Å². The van der Waals surface area contributed by atoms with Crippen molar-refractivity contribution in [2.45, 2.75) is 337 Å². The maximum absolute atomic E-state index is 12.9. The summed E-state index contributed by atoms with van der Waals surface area (Å²) in [6.45, 7) is 13.8. The van der Waals surface area contributed by atoms with Crippen LogP contribution < -0.4 is 0 Å². The van der Waals surface area contributed by atoms with Gasteiger partial charge in [0.2, 0.25) is 0 Å². The Kier molecular flexibility index (Phi) is 50.0. The first-order valence-electron chi connectivity index (χ1n) is 29.6. The van der Waals surface area contributed by atoms with Crippen molar-refractivity contribution < 1.29 is 28.6 Å². The van der Waals surface area contributed by atoms with Crippen LogP contribution in [0.2, 0.25) is 0 Å². The van der Waals surface area contributed by atoms with Gasteiger partial charge in [-0.3, -0.25) is 14.4 Å². The van der Waals surface area contributed by atoms with Gasteiger partial charge in [-0.15, -0.1) is 0 Å². The van der Waals surface area contributed by atoms with Crippen molar-refractivity contribution in [3.05, 3.63) is 0 Å².